The highest BCUT2D eigenvalue weighted by molar-refractivity contribution is 7.99. The third-order valence-corrected chi connectivity index (χ3v) is 4.26. The standard InChI is InChI=1S/C13H17F3N2OS/c14-13(15,16)10-3-1-9(2-4-10)7-11(18-17)12-8-20-6-5-19-12/h1-4,11-12,18H,5-8,17H2. The SMILES string of the molecule is NNC(Cc1ccc(C(F)(F)F)cc1)C1CSCCO1. The molecule has 20 heavy (non-hydrogen) atoms. The smallest absolute Gasteiger partial charge is 0.375 e. The molecule has 3 N–H and O–H groups in total. The lowest BCUT2D eigenvalue weighted by molar-refractivity contribution is -0.137. The van der Waals surface area contributed by atoms with Gasteiger partial charge in [-0.1, -0.05) is 12.1 Å². The summed E-state index contributed by atoms with van der Waals surface area (Å²) in [6.07, 6.45) is -3.77. The van der Waals surface area contributed by atoms with Crippen molar-refractivity contribution in [2.75, 3.05) is 18.1 Å². The third kappa shape index (κ3) is 4.12. The first-order valence-electron chi connectivity index (χ1n) is 6.32. The van der Waals surface area contributed by atoms with Crippen molar-refractivity contribution in [3.05, 3.63) is 35.4 Å². The minimum Gasteiger partial charge on any atom is -0.375 e. The van der Waals surface area contributed by atoms with E-state index in [0.717, 1.165) is 29.2 Å². The van der Waals surface area contributed by atoms with Crippen molar-refractivity contribution in [3.63, 3.8) is 0 Å². The number of hydrogen-bond acceptors (Lipinski definition) is 4. The van der Waals surface area contributed by atoms with Crippen LogP contribution in [-0.2, 0) is 17.3 Å². The van der Waals surface area contributed by atoms with Gasteiger partial charge in [0.15, 0.2) is 0 Å². The number of alkyl halides is 3. The lowest BCUT2D eigenvalue weighted by atomic mass is 10.0. The first kappa shape index (κ1) is 15.6. The summed E-state index contributed by atoms with van der Waals surface area (Å²) >= 11 is 1.79. The average molecular weight is 306 g/mol. The number of hydrogen-bond donors (Lipinski definition) is 2. The van der Waals surface area contributed by atoms with E-state index in [1.54, 1.807) is 11.8 Å². The molecule has 1 aromatic carbocycles. The predicted octanol–water partition coefficient (Wildman–Crippen LogP) is 2.21. The first-order valence-corrected chi connectivity index (χ1v) is 7.48. The Bertz CT molecular complexity index is 419. The van der Waals surface area contributed by atoms with Gasteiger partial charge in [0.05, 0.1) is 24.3 Å². The summed E-state index contributed by atoms with van der Waals surface area (Å²) in [6, 6.07) is 5.07. The number of nitrogens with one attached hydrogen (secondary N) is 1. The van der Waals surface area contributed by atoms with E-state index in [-0.39, 0.29) is 12.1 Å². The molecule has 0 aromatic heterocycles. The van der Waals surface area contributed by atoms with Gasteiger partial charge >= 0.3 is 6.18 Å². The Morgan fingerprint density at radius 1 is 1.35 bits per heavy atom. The van der Waals surface area contributed by atoms with Crippen molar-refractivity contribution in [1.82, 2.24) is 5.43 Å². The molecule has 1 aliphatic heterocycles. The molecule has 1 aliphatic rings. The van der Waals surface area contributed by atoms with E-state index < -0.39 is 11.7 Å². The third-order valence-electron chi connectivity index (χ3n) is 3.24. The second kappa shape index (κ2) is 6.80. The Labute approximate surface area is 120 Å². The predicted molar refractivity (Wildman–Crippen MR) is 73.3 cm³/mol. The Hall–Kier alpha value is -0.760. The van der Waals surface area contributed by atoms with Gasteiger partial charge in [-0.15, -0.1) is 0 Å². The molecular weight excluding hydrogens is 289 g/mol. The number of benzene rings is 1. The minimum absolute atomic E-state index is 0.0129. The zero-order valence-electron chi connectivity index (χ0n) is 10.8. The Balaban J connectivity index is 2.00. The zero-order chi connectivity index (χ0) is 14.6. The molecule has 0 amide bonds. The van der Waals surface area contributed by atoms with Crippen molar-refractivity contribution >= 4 is 11.8 Å². The van der Waals surface area contributed by atoms with Gasteiger partial charge in [-0.05, 0) is 24.1 Å². The topological polar surface area (TPSA) is 47.3 Å². The van der Waals surface area contributed by atoms with E-state index in [9.17, 15) is 13.2 Å². The maximum absolute atomic E-state index is 12.5. The summed E-state index contributed by atoms with van der Waals surface area (Å²) in [5, 5.41) is 0. The van der Waals surface area contributed by atoms with Crippen LogP contribution in [0.2, 0.25) is 0 Å². The molecule has 2 atom stereocenters. The highest BCUT2D eigenvalue weighted by Gasteiger charge is 2.30. The van der Waals surface area contributed by atoms with E-state index in [0.29, 0.717) is 13.0 Å². The lowest BCUT2D eigenvalue weighted by Crippen LogP contribution is -2.49. The Morgan fingerprint density at radius 2 is 2.05 bits per heavy atom. The molecular formula is C13H17F3N2OS. The Morgan fingerprint density at radius 3 is 2.55 bits per heavy atom. The van der Waals surface area contributed by atoms with Crippen molar-refractivity contribution in [2.24, 2.45) is 5.84 Å². The van der Waals surface area contributed by atoms with Crippen LogP contribution in [0.4, 0.5) is 13.2 Å². The van der Waals surface area contributed by atoms with Gasteiger partial charge < -0.3 is 4.74 Å². The lowest BCUT2D eigenvalue weighted by Gasteiger charge is -2.29. The van der Waals surface area contributed by atoms with Crippen molar-refractivity contribution in [2.45, 2.75) is 24.7 Å². The second-order valence-corrected chi connectivity index (χ2v) is 5.81. The molecule has 0 bridgehead atoms. The van der Waals surface area contributed by atoms with Crippen molar-refractivity contribution < 1.29 is 17.9 Å². The minimum atomic E-state index is -4.30. The van der Waals surface area contributed by atoms with Crippen molar-refractivity contribution in [1.29, 1.82) is 0 Å². The summed E-state index contributed by atoms with van der Waals surface area (Å²) < 4.78 is 43.1. The molecule has 0 aliphatic carbocycles. The molecule has 7 heteroatoms. The van der Waals surface area contributed by atoms with Gasteiger partial charge in [-0.3, -0.25) is 11.3 Å². The van der Waals surface area contributed by atoms with Crippen molar-refractivity contribution in [3.8, 4) is 0 Å². The molecule has 1 saturated heterocycles. The fraction of sp³-hybridized carbons (Fsp3) is 0.538. The molecule has 0 spiro atoms. The van der Waals surface area contributed by atoms with Gasteiger partial charge in [0, 0.05) is 11.5 Å². The quantitative estimate of drug-likeness (QED) is 0.661. The summed E-state index contributed by atoms with van der Waals surface area (Å²) in [5.41, 5.74) is 2.87. The van der Waals surface area contributed by atoms with E-state index >= 15 is 0 Å². The van der Waals surface area contributed by atoms with Crippen LogP contribution in [0.25, 0.3) is 0 Å². The van der Waals surface area contributed by atoms with E-state index in [1.807, 2.05) is 0 Å². The maximum Gasteiger partial charge on any atom is 0.416 e. The molecule has 1 aromatic rings. The van der Waals surface area contributed by atoms with Crippen LogP contribution in [0.5, 0.6) is 0 Å². The molecule has 1 heterocycles. The van der Waals surface area contributed by atoms with Crippen LogP contribution in [0.3, 0.4) is 0 Å². The van der Waals surface area contributed by atoms with E-state index in [2.05, 4.69) is 5.43 Å². The summed E-state index contributed by atoms with van der Waals surface area (Å²) in [6.45, 7) is 0.681. The van der Waals surface area contributed by atoms with Crippen LogP contribution in [0.15, 0.2) is 24.3 Å². The van der Waals surface area contributed by atoms with Crippen LogP contribution in [0.1, 0.15) is 11.1 Å². The summed E-state index contributed by atoms with van der Waals surface area (Å²) in [4.78, 5) is 0. The van der Waals surface area contributed by atoms with Gasteiger partial charge in [0.25, 0.3) is 0 Å². The van der Waals surface area contributed by atoms with Gasteiger partial charge in [-0.25, -0.2) is 0 Å². The summed E-state index contributed by atoms with van der Waals surface area (Å²) in [5.74, 6) is 7.34. The average Bonchev–Trinajstić information content (AvgIpc) is 2.45. The fourth-order valence-electron chi connectivity index (χ4n) is 2.12. The maximum atomic E-state index is 12.5. The number of ether oxygens (including phenoxy) is 1. The van der Waals surface area contributed by atoms with E-state index in [4.69, 9.17) is 10.6 Å². The Kier molecular flexibility index (Phi) is 5.31. The highest BCUT2D eigenvalue weighted by atomic mass is 32.2. The fourth-order valence-corrected chi connectivity index (χ4v) is 3.06. The molecule has 3 nitrogen and oxygen atoms in total. The molecule has 1 fully saturated rings. The van der Waals surface area contributed by atoms with Crippen LogP contribution in [-0.4, -0.2) is 30.3 Å². The van der Waals surface area contributed by atoms with Crippen LogP contribution >= 0.6 is 11.8 Å². The molecule has 2 unspecified atom stereocenters. The first-order chi connectivity index (χ1) is 9.50. The molecule has 0 saturated carbocycles. The molecule has 112 valence electrons. The highest BCUT2D eigenvalue weighted by Crippen LogP contribution is 2.29. The second-order valence-electron chi connectivity index (χ2n) is 4.66. The number of rotatable bonds is 4. The van der Waals surface area contributed by atoms with Gasteiger partial charge in [0.2, 0.25) is 0 Å². The monoisotopic (exact) mass is 306 g/mol. The normalized spacial score (nSPS) is 21.7. The number of hydrazine groups is 1. The number of nitrogens with two attached hydrogens (primary N) is 1. The van der Waals surface area contributed by atoms with Crippen LogP contribution in [0, 0.1) is 0 Å². The summed E-state index contributed by atoms with van der Waals surface area (Å²) in [7, 11) is 0. The molecule has 2 rings (SSSR count). The zero-order valence-corrected chi connectivity index (χ0v) is 11.6. The van der Waals surface area contributed by atoms with E-state index in [1.165, 1.54) is 12.1 Å². The molecule has 0 radical (unpaired) electrons. The number of thioether (sulfide) groups is 1. The number of halogens is 3. The van der Waals surface area contributed by atoms with Crippen LogP contribution < -0.4 is 11.3 Å². The largest absolute Gasteiger partial charge is 0.416 e. The van der Waals surface area contributed by atoms with Gasteiger partial charge in [-0.2, -0.15) is 24.9 Å². The van der Waals surface area contributed by atoms with Gasteiger partial charge in [0.1, 0.15) is 0 Å².